The molecule has 0 saturated heterocycles. The molecule has 19 heavy (non-hydrogen) atoms. The van der Waals surface area contributed by atoms with Crippen molar-refractivity contribution in [3.63, 3.8) is 0 Å². The summed E-state index contributed by atoms with van der Waals surface area (Å²) in [4.78, 5) is 12.0. The Hall–Kier alpha value is -1.81. The summed E-state index contributed by atoms with van der Waals surface area (Å²) < 4.78 is 26.4. The number of carbonyl (C=O) groups is 1. The summed E-state index contributed by atoms with van der Waals surface area (Å²) in [7, 11) is 0. The van der Waals surface area contributed by atoms with E-state index in [2.05, 4.69) is 0 Å². The number of hydrogen-bond acceptors (Lipinski definition) is 2. The number of rotatable bonds is 3. The summed E-state index contributed by atoms with van der Waals surface area (Å²) in [5, 5.41) is 10.0. The molecule has 0 amide bonds. The summed E-state index contributed by atoms with van der Waals surface area (Å²) in [6.45, 7) is 0. The summed E-state index contributed by atoms with van der Waals surface area (Å²) in [6, 6.07) is 8.30. The molecule has 0 fully saturated rings. The van der Waals surface area contributed by atoms with Crippen LogP contribution in [0.1, 0.15) is 23.2 Å². The molecule has 4 heteroatoms. The van der Waals surface area contributed by atoms with Gasteiger partial charge in [0.05, 0.1) is 0 Å². The molecule has 0 spiro atoms. The molecule has 1 aromatic rings. The average molecular weight is 264 g/mol. The fourth-order valence-corrected chi connectivity index (χ4v) is 2.08. The first kappa shape index (κ1) is 13.6. The molecule has 0 aromatic heterocycles. The predicted molar refractivity (Wildman–Crippen MR) is 67.9 cm³/mol. The number of ketones is 1. The fourth-order valence-electron chi connectivity index (χ4n) is 2.08. The highest BCUT2D eigenvalue weighted by Crippen LogP contribution is 2.26. The lowest BCUT2D eigenvalue weighted by molar-refractivity contribution is 0.0647. The fraction of sp³-hybridized carbons (Fsp3) is 0.267. The van der Waals surface area contributed by atoms with Crippen LogP contribution in [0.3, 0.4) is 0 Å². The van der Waals surface area contributed by atoms with Gasteiger partial charge in [0.25, 0.3) is 0 Å². The molecular weight excluding hydrogens is 250 g/mol. The average Bonchev–Trinajstić information content (AvgIpc) is 2.59. The molecule has 0 radical (unpaired) electrons. The van der Waals surface area contributed by atoms with Gasteiger partial charge in [-0.25, -0.2) is 8.78 Å². The van der Waals surface area contributed by atoms with Crippen molar-refractivity contribution in [1.82, 2.24) is 0 Å². The van der Waals surface area contributed by atoms with Gasteiger partial charge in [-0.15, -0.1) is 0 Å². The third kappa shape index (κ3) is 3.35. The van der Waals surface area contributed by atoms with Crippen LogP contribution in [0.5, 0.6) is 0 Å². The van der Waals surface area contributed by atoms with E-state index < -0.39 is 29.5 Å². The third-order valence-electron chi connectivity index (χ3n) is 3.12. The van der Waals surface area contributed by atoms with Crippen molar-refractivity contribution in [2.45, 2.75) is 18.9 Å². The zero-order chi connectivity index (χ0) is 13.8. The zero-order valence-electron chi connectivity index (χ0n) is 10.2. The van der Waals surface area contributed by atoms with E-state index in [1.165, 1.54) is 0 Å². The lowest BCUT2D eigenvalue weighted by Gasteiger charge is -2.17. The van der Waals surface area contributed by atoms with Crippen LogP contribution in [0.25, 0.3) is 0 Å². The number of hydrogen-bond donors (Lipinski definition) is 1. The maximum absolute atomic E-state index is 13.3. The van der Waals surface area contributed by atoms with Gasteiger partial charge < -0.3 is 5.11 Å². The van der Waals surface area contributed by atoms with Crippen LogP contribution >= 0.6 is 0 Å². The number of Topliss-reactive ketones (excluding diaryl/α,β-unsaturated/α-hetero) is 1. The van der Waals surface area contributed by atoms with E-state index in [9.17, 15) is 18.7 Å². The smallest absolute Gasteiger partial charge is 0.191 e. The molecule has 1 aromatic carbocycles. The topological polar surface area (TPSA) is 37.3 Å². The highest BCUT2D eigenvalue weighted by Gasteiger charge is 2.27. The lowest BCUT2D eigenvalue weighted by atomic mass is 9.91. The maximum atomic E-state index is 13.3. The summed E-state index contributed by atoms with van der Waals surface area (Å²) >= 11 is 0. The van der Waals surface area contributed by atoms with Crippen molar-refractivity contribution < 1.29 is 18.7 Å². The Labute approximate surface area is 110 Å². The van der Waals surface area contributed by atoms with Gasteiger partial charge in [-0.2, -0.15) is 0 Å². The van der Waals surface area contributed by atoms with Crippen molar-refractivity contribution in [2.75, 3.05) is 0 Å². The zero-order valence-corrected chi connectivity index (χ0v) is 10.2. The van der Waals surface area contributed by atoms with Gasteiger partial charge in [-0.05, 0) is 18.9 Å². The van der Waals surface area contributed by atoms with Crippen LogP contribution in [0.15, 0.2) is 54.1 Å². The molecule has 2 unspecified atom stereocenters. The summed E-state index contributed by atoms with van der Waals surface area (Å²) in [5.41, 5.74) is 0.362. The van der Waals surface area contributed by atoms with Crippen molar-refractivity contribution in [3.05, 3.63) is 59.7 Å². The van der Waals surface area contributed by atoms with Crippen LogP contribution in [0.2, 0.25) is 0 Å². The molecule has 1 aliphatic rings. The number of halogens is 2. The Morgan fingerprint density at radius 1 is 1.26 bits per heavy atom. The quantitative estimate of drug-likeness (QED) is 0.850. The van der Waals surface area contributed by atoms with Gasteiger partial charge in [0.1, 0.15) is 17.8 Å². The number of allylic oxidation sites excluding steroid dienone is 3. The van der Waals surface area contributed by atoms with Crippen molar-refractivity contribution in [2.24, 2.45) is 5.92 Å². The van der Waals surface area contributed by atoms with Crippen LogP contribution in [0, 0.1) is 5.92 Å². The lowest BCUT2D eigenvalue weighted by Crippen LogP contribution is -2.28. The summed E-state index contributed by atoms with van der Waals surface area (Å²) in [5.74, 6) is -2.51. The van der Waals surface area contributed by atoms with E-state index in [1.807, 2.05) is 0 Å². The van der Waals surface area contributed by atoms with Gasteiger partial charge in [0, 0.05) is 17.6 Å². The van der Waals surface area contributed by atoms with Crippen LogP contribution in [-0.4, -0.2) is 17.0 Å². The standard InChI is InChI=1S/C15H14F2O2/c16-12-7-6-11(8-13(17)9-12)15(19)14(18)10-4-2-1-3-5-10/h1-5,8-9,11,15,19H,6-7H2. The van der Waals surface area contributed by atoms with Crippen molar-refractivity contribution in [1.29, 1.82) is 0 Å². The monoisotopic (exact) mass is 264 g/mol. The van der Waals surface area contributed by atoms with E-state index >= 15 is 0 Å². The molecule has 1 aliphatic carbocycles. The van der Waals surface area contributed by atoms with Crippen molar-refractivity contribution >= 4 is 5.78 Å². The molecule has 2 rings (SSSR count). The molecule has 0 heterocycles. The van der Waals surface area contributed by atoms with E-state index in [0.717, 1.165) is 12.2 Å². The summed E-state index contributed by atoms with van der Waals surface area (Å²) in [6.07, 6.45) is 0.772. The largest absolute Gasteiger partial charge is 0.384 e. The van der Waals surface area contributed by atoms with Gasteiger partial charge in [0.15, 0.2) is 5.78 Å². The molecule has 0 bridgehead atoms. The first-order valence-corrected chi connectivity index (χ1v) is 6.08. The molecule has 2 nitrogen and oxygen atoms in total. The Morgan fingerprint density at radius 3 is 2.63 bits per heavy atom. The van der Waals surface area contributed by atoms with Gasteiger partial charge in [-0.3, -0.25) is 4.79 Å². The minimum absolute atomic E-state index is 0.0215. The predicted octanol–water partition coefficient (Wildman–Crippen LogP) is 3.35. The van der Waals surface area contributed by atoms with Crippen molar-refractivity contribution in [3.8, 4) is 0 Å². The molecule has 2 atom stereocenters. The molecule has 0 aliphatic heterocycles. The van der Waals surface area contributed by atoms with Crippen LogP contribution in [0.4, 0.5) is 8.78 Å². The van der Waals surface area contributed by atoms with E-state index in [4.69, 9.17) is 0 Å². The Morgan fingerprint density at radius 2 is 1.95 bits per heavy atom. The minimum atomic E-state index is -1.35. The van der Waals surface area contributed by atoms with Crippen LogP contribution < -0.4 is 0 Å². The number of aliphatic hydroxyl groups excluding tert-OH is 1. The Bertz CT molecular complexity index is 520. The number of carbonyl (C=O) groups excluding carboxylic acids is 1. The maximum Gasteiger partial charge on any atom is 0.191 e. The molecule has 1 N–H and O–H groups in total. The normalized spacial score (nSPS) is 21.1. The van der Waals surface area contributed by atoms with E-state index in [-0.39, 0.29) is 12.8 Å². The van der Waals surface area contributed by atoms with Gasteiger partial charge in [-0.1, -0.05) is 30.3 Å². The highest BCUT2D eigenvalue weighted by molar-refractivity contribution is 5.99. The van der Waals surface area contributed by atoms with Crippen LogP contribution in [-0.2, 0) is 0 Å². The van der Waals surface area contributed by atoms with Gasteiger partial charge >= 0.3 is 0 Å². The second-order valence-electron chi connectivity index (χ2n) is 4.52. The number of benzene rings is 1. The van der Waals surface area contributed by atoms with E-state index in [0.29, 0.717) is 5.56 Å². The molecular formula is C15H14F2O2. The second kappa shape index (κ2) is 5.89. The minimum Gasteiger partial charge on any atom is -0.384 e. The first-order valence-electron chi connectivity index (χ1n) is 6.08. The second-order valence-corrected chi connectivity index (χ2v) is 4.52. The SMILES string of the molecule is O=C(c1ccccc1)C(O)C1C=C(F)C=C(F)CC1. The Balaban J connectivity index is 2.15. The van der Waals surface area contributed by atoms with E-state index in [1.54, 1.807) is 30.3 Å². The highest BCUT2D eigenvalue weighted by atomic mass is 19.1. The Kier molecular flexibility index (Phi) is 4.22. The number of aliphatic hydroxyl groups is 1. The molecule has 0 saturated carbocycles. The first-order chi connectivity index (χ1) is 9.08. The molecule has 100 valence electrons. The van der Waals surface area contributed by atoms with Gasteiger partial charge in [0.2, 0.25) is 0 Å². The third-order valence-corrected chi connectivity index (χ3v) is 3.12.